The summed E-state index contributed by atoms with van der Waals surface area (Å²) in [6, 6.07) is 14.8. The predicted molar refractivity (Wildman–Crippen MR) is 117 cm³/mol. The molecule has 0 fully saturated rings. The summed E-state index contributed by atoms with van der Waals surface area (Å²) >= 11 is 0. The molecule has 29 heavy (non-hydrogen) atoms. The van der Waals surface area contributed by atoms with Gasteiger partial charge in [-0.1, -0.05) is 56.2 Å². The number of fused-ring (bicyclic) bond motifs is 1. The average Bonchev–Trinajstić information content (AvgIpc) is 2.76. The molecule has 1 amide bonds. The largest absolute Gasteiger partial charge is 0.497 e. The van der Waals surface area contributed by atoms with E-state index < -0.39 is 6.10 Å². The van der Waals surface area contributed by atoms with Crippen molar-refractivity contribution in [2.24, 2.45) is 0 Å². The number of methoxy groups -OCH3 is 1. The van der Waals surface area contributed by atoms with Crippen LogP contribution in [-0.2, 0) is 0 Å². The van der Waals surface area contributed by atoms with Crippen LogP contribution in [-0.4, -0.2) is 29.2 Å². The highest BCUT2D eigenvalue weighted by Gasteiger charge is 2.14. The third kappa shape index (κ3) is 5.21. The van der Waals surface area contributed by atoms with Crippen LogP contribution in [0.3, 0.4) is 0 Å². The number of pyridine rings is 1. The first-order chi connectivity index (χ1) is 14.1. The summed E-state index contributed by atoms with van der Waals surface area (Å²) in [6.45, 7) is 2.09. The van der Waals surface area contributed by atoms with Crippen molar-refractivity contribution >= 4 is 28.6 Å². The third-order valence-electron chi connectivity index (χ3n) is 4.74. The van der Waals surface area contributed by atoms with Crippen molar-refractivity contribution in [1.82, 2.24) is 4.98 Å². The number of nitrogens with zero attached hydrogens (tertiary/aromatic N) is 1. The van der Waals surface area contributed by atoms with Gasteiger partial charge in [0.25, 0.3) is 5.91 Å². The van der Waals surface area contributed by atoms with Crippen LogP contribution in [0.4, 0.5) is 5.69 Å². The normalized spacial score (nSPS) is 12.2. The minimum absolute atomic E-state index is 0.259. The number of hydrogen-bond donors (Lipinski definition) is 2. The highest BCUT2D eigenvalue weighted by Crippen LogP contribution is 2.24. The van der Waals surface area contributed by atoms with Gasteiger partial charge in [-0.15, -0.1) is 0 Å². The van der Waals surface area contributed by atoms with Crippen LogP contribution in [0.1, 0.15) is 42.1 Å². The van der Waals surface area contributed by atoms with E-state index >= 15 is 0 Å². The molecule has 2 aromatic carbocycles. The number of para-hydroxylation sites is 1. The Morgan fingerprint density at radius 3 is 2.86 bits per heavy atom. The number of aliphatic hydroxyl groups is 1. The summed E-state index contributed by atoms with van der Waals surface area (Å²) in [6.07, 6.45) is 7.37. The SMILES string of the molecule is CCCCC(O)/C=C/c1ccc(OC)cc1C(=O)Nc1cccc2cccnc12. The molecule has 0 saturated carbocycles. The number of aliphatic hydroxyl groups excluding tert-OH is 1. The molecule has 150 valence electrons. The van der Waals surface area contributed by atoms with Crippen molar-refractivity contribution in [3.8, 4) is 5.75 Å². The molecule has 3 aromatic rings. The summed E-state index contributed by atoms with van der Waals surface area (Å²) < 4.78 is 5.29. The molecule has 0 bridgehead atoms. The van der Waals surface area contributed by atoms with Gasteiger partial charge in [-0.2, -0.15) is 0 Å². The zero-order chi connectivity index (χ0) is 20.6. The predicted octanol–water partition coefficient (Wildman–Crippen LogP) is 5.06. The van der Waals surface area contributed by atoms with Crippen molar-refractivity contribution < 1.29 is 14.6 Å². The Balaban J connectivity index is 1.89. The molecule has 0 radical (unpaired) electrons. The second kappa shape index (κ2) is 9.85. The van der Waals surface area contributed by atoms with Gasteiger partial charge in [-0.3, -0.25) is 9.78 Å². The van der Waals surface area contributed by atoms with Gasteiger partial charge in [0.15, 0.2) is 0 Å². The Hall–Kier alpha value is -3.18. The van der Waals surface area contributed by atoms with Gasteiger partial charge in [-0.25, -0.2) is 0 Å². The number of anilines is 1. The van der Waals surface area contributed by atoms with Crippen molar-refractivity contribution in [2.75, 3.05) is 12.4 Å². The first-order valence-corrected chi connectivity index (χ1v) is 9.81. The Labute approximate surface area is 171 Å². The second-order valence-corrected chi connectivity index (χ2v) is 6.86. The number of amides is 1. The fourth-order valence-electron chi connectivity index (χ4n) is 3.12. The van der Waals surface area contributed by atoms with E-state index in [1.165, 1.54) is 0 Å². The van der Waals surface area contributed by atoms with E-state index in [0.717, 1.165) is 23.7 Å². The van der Waals surface area contributed by atoms with Crippen molar-refractivity contribution in [1.29, 1.82) is 0 Å². The minimum atomic E-state index is -0.532. The lowest BCUT2D eigenvalue weighted by molar-refractivity contribution is 0.102. The maximum absolute atomic E-state index is 13.1. The first kappa shape index (κ1) is 20.6. The average molecular weight is 390 g/mol. The molecule has 0 aliphatic carbocycles. The number of nitrogens with one attached hydrogen (secondary N) is 1. The lowest BCUT2D eigenvalue weighted by Gasteiger charge is -2.12. The van der Waals surface area contributed by atoms with Gasteiger partial charge in [-0.05, 0) is 36.2 Å². The summed E-state index contributed by atoms with van der Waals surface area (Å²) in [4.78, 5) is 17.5. The van der Waals surface area contributed by atoms with Crippen LogP contribution in [0.5, 0.6) is 5.75 Å². The zero-order valence-corrected chi connectivity index (χ0v) is 16.8. The number of rotatable bonds is 8. The van der Waals surface area contributed by atoms with Crippen LogP contribution in [0, 0.1) is 0 Å². The van der Waals surface area contributed by atoms with Crippen molar-refractivity contribution in [3.05, 3.63) is 71.9 Å². The standard InChI is InChI=1S/C24H26N2O3/c1-3-4-9-19(27)13-11-17-12-14-20(29-2)16-21(17)24(28)26-22-10-5-7-18-8-6-15-25-23(18)22/h5-8,10-16,19,27H,3-4,9H2,1-2H3,(H,26,28)/b13-11+. The molecular formula is C24H26N2O3. The number of ether oxygens (including phenoxy) is 1. The van der Waals surface area contributed by atoms with Gasteiger partial charge >= 0.3 is 0 Å². The molecule has 1 aromatic heterocycles. The van der Waals surface area contributed by atoms with Crippen LogP contribution in [0.15, 0.2) is 60.8 Å². The van der Waals surface area contributed by atoms with E-state index in [0.29, 0.717) is 29.0 Å². The Morgan fingerprint density at radius 2 is 2.07 bits per heavy atom. The van der Waals surface area contributed by atoms with E-state index in [9.17, 15) is 9.90 Å². The molecule has 1 heterocycles. The molecule has 5 heteroatoms. The highest BCUT2D eigenvalue weighted by atomic mass is 16.5. The van der Waals surface area contributed by atoms with E-state index in [4.69, 9.17) is 4.74 Å². The fraction of sp³-hybridized carbons (Fsp3) is 0.250. The quantitative estimate of drug-likeness (QED) is 0.564. The van der Waals surface area contributed by atoms with Crippen molar-refractivity contribution in [2.45, 2.75) is 32.3 Å². The maximum Gasteiger partial charge on any atom is 0.256 e. The lowest BCUT2D eigenvalue weighted by Crippen LogP contribution is -2.14. The topological polar surface area (TPSA) is 71.5 Å². The molecule has 3 rings (SSSR count). The number of carbonyl (C=O) groups excluding carboxylic acids is 1. The third-order valence-corrected chi connectivity index (χ3v) is 4.74. The minimum Gasteiger partial charge on any atom is -0.497 e. The smallest absolute Gasteiger partial charge is 0.256 e. The second-order valence-electron chi connectivity index (χ2n) is 6.86. The van der Waals surface area contributed by atoms with Crippen LogP contribution in [0.2, 0.25) is 0 Å². The lowest BCUT2D eigenvalue weighted by atomic mass is 10.0. The summed E-state index contributed by atoms with van der Waals surface area (Å²) in [5, 5.41) is 14.0. The van der Waals surface area contributed by atoms with Crippen LogP contribution < -0.4 is 10.1 Å². The van der Waals surface area contributed by atoms with Gasteiger partial charge in [0.2, 0.25) is 0 Å². The molecule has 1 unspecified atom stereocenters. The van der Waals surface area contributed by atoms with E-state index in [1.54, 1.807) is 37.6 Å². The molecular weight excluding hydrogens is 364 g/mol. The molecule has 0 aliphatic heterocycles. The Morgan fingerprint density at radius 1 is 1.24 bits per heavy atom. The first-order valence-electron chi connectivity index (χ1n) is 9.81. The molecule has 0 aliphatic rings. The molecule has 1 atom stereocenters. The molecule has 5 nitrogen and oxygen atoms in total. The van der Waals surface area contributed by atoms with Gasteiger partial charge in [0.1, 0.15) is 5.75 Å². The maximum atomic E-state index is 13.1. The molecule has 0 saturated heterocycles. The van der Waals surface area contributed by atoms with E-state index in [1.807, 2.05) is 36.4 Å². The van der Waals surface area contributed by atoms with E-state index in [-0.39, 0.29) is 5.91 Å². The fourth-order valence-corrected chi connectivity index (χ4v) is 3.12. The van der Waals surface area contributed by atoms with Crippen LogP contribution in [0.25, 0.3) is 17.0 Å². The molecule has 0 spiro atoms. The number of hydrogen-bond acceptors (Lipinski definition) is 4. The van der Waals surface area contributed by atoms with Crippen LogP contribution >= 0.6 is 0 Å². The number of aromatic nitrogens is 1. The Kier molecular flexibility index (Phi) is 6.98. The number of unbranched alkanes of at least 4 members (excludes halogenated alkanes) is 1. The Bertz CT molecular complexity index is 1010. The summed E-state index contributed by atoms with van der Waals surface area (Å²) in [7, 11) is 1.57. The zero-order valence-electron chi connectivity index (χ0n) is 16.8. The van der Waals surface area contributed by atoms with Gasteiger partial charge < -0.3 is 15.2 Å². The van der Waals surface area contributed by atoms with Gasteiger partial charge in [0, 0.05) is 11.6 Å². The monoisotopic (exact) mass is 390 g/mol. The highest BCUT2D eigenvalue weighted by molar-refractivity contribution is 6.10. The molecule has 2 N–H and O–H groups in total. The summed E-state index contributed by atoms with van der Waals surface area (Å²) in [5.74, 6) is 0.333. The van der Waals surface area contributed by atoms with E-state index in [2.05, 4.69) is 17.2 Å². The van der Waals surface area contributed by atoms with Crippen molar-refractivity contribution in [3.63, 3.8) is 0 Å². The van der Waals surface area contributed by atoms with Gasteiger partial charge in [0.05, 0.1) is 30.0 Å². The number of benzene rings is 2. The summed E-state index contributed by atoms with van der Waals surface area (Å²) in [5.41, 5.74) is 2.57. The number of carbonyl (C=O) groups is 1.